The van der Waals surface area contributed by atoms with Crippen molar-refractivity contribution in [2.75, 3.05) is 18.5 Å². The van der Waals surface area contributed by atoms with E-state index in [1.807, 2.05) is 47.0 Å². The normalized spacial score (nSPS) is 18.4. The molecule has 0 aliphatic carbocycles. The largest absolute Gasteiger partial charge is 0.311 e. The quantitative estimate of drug-likeness (QED) is 0.810. The lowest BCUT2D eigenvalue weighted by atomic mass is 10.0. The SMILES string of the molecule is CC(C)Cn1ncnc1CN(C)[C@@H]1CCCN(c2ccccc2)C1=O. The molecule has 6 heteroatoms. The van der Waals surface area contributed by atoms with Crippen LogP contribution < -0.4 is 4.90 Å². The van der Waals surface area contributed by atoms with Gasteiger partial charge in [0.15, 0.2) is 0 Å². The zero-order valence-electron chi connectivity index (χ0n) is 15.3. The zero-order chi connectivity index (χ0) is 17.8. The van der Waals surface area contributed by atoms with Crippen molar-refractivity contribution in [3.63, 3.8) is 0 Å². The van der Waals surface area contributed by atoms with Crippen molar-refractivity contribution in [3.05, 3.63) is 42.5 Å². The molecule has 1 aromatic heterocycles. The van der Waals surface area contributed by atoms with Crippen LogP contribution in [-0.4, -0.2) is 45.2 Å². The van der Waals surface area contributed by atoms with Gasteiger partial charge in [0.25, 0.3) is 0 Å². The zero-order valence-corrected chi connectivity index (χ0v) is 15.3. The lowest BCUT2D eigenvalue weighted by Gasteiger charge is -2.36. The second-order valence-electron chi connectivity index (χ2n) is 7.15. The van der Waals surface area contributed by atoms with Crippen LogP contribution in [0.4, 0.5) is 5.69 Å². The number of nitrogens with zero attached hydrogens (tertiary/aromatic N) is 5. The summed E-state index contributed by atoms with van der Waals surface area (Å²) in [4.78, 5) is 21.4. The first-order valence-corrected chi connectivity index (χ1v) is 8.99. The van der Waals surface area contributed by atoms with E-state index in [-0.39, 0.29) is 11.9 Å². The summed E-state index contributed by atoms with van der Waals surface area (Å²) in [7, 11) is 2.01. The van der Waals surface area contributed by atoms with Crippen LogP contribution in [0.5, 0.6) is 0 Å². The van der Waals surface area contributed by atoms with E-state index in [1.54, 1.807) is 6.33 Å². The van der Waals surface area contributed by atoms with Gasteiger partial charge in [-0.1, -0.05) is 32.0 Å². The molecule has 1 aliphatic rings. The summed E-state index contributed by atoms with van der Waals surface area (Å²) < 4.78 is 1.95. The summed E-state index contributed by atoms with van der Waals surface area (Å²) in [5, 5.41) is 4.32. The highest BCUT2D eigenvalue weighted by Crippen LogP contribution is 2.23. The van der Waals surface area contributed by atoms with Gasteiger partial charge in [-0.25, -0.2) is 9.67 Å². The molecule has 0 saturated carbocycles. The molecule has 1 aromatic carbocycles. The number of hydrogen-bond acceptors (Lipinski definition) is 4. The van der Waals surface area contributed by atoms with Crippen molar-refractivity contribution in [1.82, 2.24) is 19.7 Å². The van der Waals surface area contributed by atoms with Gasteiger partial charge in [0.1, 0.15) is 12.2 Å². The number of piperidine rings is 1. The Hall–Kier alpha value is -2.21. The first-order chi connectivity index (χ1) is 12.1. The van der Waals surface area contributed by atoms with Crippen molar-refractivity contribution in [1.29, 1.82) is 0 Å². The number of rotatable bonds is 6. The molecule has 0 radical (unpaired) electrons. The maximum Gasteiger partial charge on any atom is 0.244 e. The number of amides is 1. The lowest BCUT2D eigenvalue weighted by Crippen LogP contribution is -2.51. The molecule has 2 heterocycles. The first-order valence-electron chi connectivity index (χ1n) is 8.99. The van der Waals surface area contributed by atoms with E-state index in [0.717, 1.165) is 37.4 Å². The smallest absolute Gasteiger partial charge is 0.244 e. The molecule has 0 bridgehead atoms. The summed E-state index contributed by atoms with van der Waals surface area (Å²) in [5.74, 6) is 1.60. The van der Waals surface area contributed by atoms with Crippen LogP contribution in [0.3, 0.4) is 0 Å². The van der Waals surface area contributed by atoms with Crippen molar-refractivity contribution < 1.29 is 4.79 Å². The average molecular weight is 341 g/mol. The summed E-state index contributed by atoms with van der Waals surface area (Å²) in [6.07, 6.45) is 3.50. The molecule has 6 nitrogen and oxygen atoms in total. The van der Waals surface area contributed by atoms with Crippen molar-refractivity contribution in [2.24, 2.45) is 5.92 Å². The van der Waals surface area contributed by atoms with Crippen LogP contribution in [0.2, 0.25) is 0 Å². The van der Waals surface area contributed by atoms with Gasteiger partial charge < -0.3 is 4.90 Å². The molecule has 0 spiro atoms. The van der Waals surface area contributed by atoms with Crippen molar-refractivity contribution >= 4 is 11.6 Å². The average Bonchev–Trinajstić information content (AvgIpc) is 3.02. The highest BCUT2D eigenvalue weighted by atomic mass is 16.2. The molecule has 0 N–H and O–H groups in total. The Morgan fingerprint density at radius 1 is 1.28 bits per heavy atom. The molecule has 1 saturated heterocycles. The number of carbonyl (C=O) groups is 1. The van der Waals surface area contributed by atoms with Gasteiger partial charge in [0.05, 0.1) is 12.6 Å². The maximum atomic E-state index is 13.0. The Kier molecular flexibility index (Phi) is 5.48. The molecule has 25 heavy (non-hydrogen) atoms. The third kappa shape index (κ3) is 4.07. The Morgan fingerprint density at radius 2 is 2.04 bits per heavy atom. The van der Waals surface area contributed by atoms with E-state index in [4.69, 9.17) is 0 Å². The van der Waals surface area contributed by atoms with Gasteiger partial charge in [0.2, 0.25) is 5.91 Å². The van der Waals surface area contributed by atoms with Gasteiger partial charge in [-0.15, -0.1) is 0 Å². The molecule has 1 fully saturated rings. The number of carbonyl (C=O) groups excluding carboxylic acids is 1. The molecule has 134 valence electrons. The molecule has 1 aliphatic heterocycles. The standard InChI is InChI=1S/C19H27N5O/c1-15(2)12-24-18(20-14-21-24)13-22(3)17-10-7-11-23(19(17)25)16-8-5-4-6-9-16/h4-6,8-9,14-15,17H,7,10-13H2,1-3H3/t17-/m1/s1. The van der Waals surface area contributed by atoms with Crippen LogP contribution in [0.25, 0.3) is 0 Å². The summed E-state index contributed by atoms with van der Waals surface area (Å²) in [6.45, 7) is 6.59. The Balaban J connectivity index is 1.70. The lowest BCUT2D eigenvalue weighted by molar-refractivity contribution is -0.125. The number of benzene rings is 1. The van der Waals surface area contributed by atoms with Gasteiger partial charge in [-0.05, 0) is 37.9 Å². The van der Waals surface area contributed by atoms with Gasteiger partial charge in [0, 0.05) is 18.8 Å². The van der Waals surface area contributed by atoms with E-state index in [2.05, 4.69) is 28.8 Å². The number of hydrogen-bond donors (Lipinski definition) is 0. The van der Waals surface area contributed by atoms with Gasteiger partial charge >= 0.3 is 0 Å². The Labute approximate surface area is 149 Å². The molecule has 2 aromatic rings. The van der Waals surface area contributed by atoms with Crippen molar-refractivity contribution in [2.45, 2.75) is 45.8 Å². The Morgan fingerprint density at radius 3 is 2.76 bits per heavy atom. The molecule has 0 unspecified atom stereocenters. The van der Waals surface area contributed by atoms with Gasteiger partial charge in [-0.3, -0.25) is 9.69 Å². The van der Waals surface area contributed by atoms with Gasteiger partial charge in [-0.2, -0.15) is 5.10 Å². The fraction of sp³-hybridized carbons (Fsp3) is 0.526. The van der Waals surface area contributed by atoms with Crippen LogP contribution in [-0.2, 0) is 17.9 Å². The summed E-state index contributed by atoms with van der Waals surface area (Å²) in [5.41, 5.74) is 0.980. The summed E-state index contributed by atoms with van der Waals surface area (Å²) >= 11 is 0. The summed E-state index contributed by atoms with van der Waals surface area (Å²) in [6, 6.07) is 9.81. The van der Waals surface area contributed by atoms with E-state index in [0.29, 0.717) is 12.5 Å². The number of anilines is 1. The molecule has 1 atom stereocenters. The monoisotopic (exact) mass is 341 g/mol. The molecular weight excluding hydrogens is 314 g/mol. The minimum absolute atomic E-state index is 0.113. The molecular formula is C19H27N5O. The topological polar surface area (TPSA) is 54.3 Å². The Bertz CT molecular complexity index is 697. The number of para-hydroxylation sites is 1. The second kappa shape index (κ2) is 7.78. The minimum Gasteiger partial charge on any atom is -0.311 e. The molecule has 3 rings (SSSR count). The van der Waals surface area contributed by atoms with E-state index >= 15 is 0 Å². The minimum atomic E-state index is -0.113. The van der Waals surface area contributed by atoms with E-state index in [9.17, 15) is 4.79 Å². The van der Waals surface area contributed by atoms with Crippen LogP contribution in [0.1, 0.15) is 32.5 Å². The predicted octanol–water partition coefficient (Wildman–Crippen LogP) is 2.56. The van der Waals surface area contributed by atoms with Crippen molar-refractivity contribution in [3.8, 4) is 0 Å². The molecule has 1 amide bonds. The fourth-order valence-electron chi connectivity index (χ4n) is 3.37. The van der Waals surface area contributed by atoms with Crippen LogP contribution >= 0.6 is 0 Å². The maximum absolute atomic E-state index is 13.0. The second-order valence-corrected chi connectivity index (χ2v) is 7.15. The third-order valence-electron chi connectivity index (χ3n) is 4.63. The number of aromatic nitrogens is 3. The highest BCUT2D eigenvalue weighted by molar-refractivity contribution is 5.97. The predicted molar refractivity (Wildman–Crippen MR) is 98.1 cm³/mol. The number of likely N-dealkylation sites (N-methyl/N-ethyl adjacent to an activating group) is 1. The van der Waals surface area contributed by atoms with Crippen LogP contribution in [0.15, 0.2) is 36.7 Å². The first kappa shape index (κ1) is 17.6. The highest BCUT2D eigenvalue weighted by Gasteiger charge is 2.32. The van der Waals surface area contributed by atoms with Crippen LogP contribution in [0, 0.1) is 5.92 Å². The fourth-order valence-corrected chi connectivity index (χ4v) is 3.37. The van der Waals surface area contributed by atoms with E-state index < -0.39 is 0 Å². The third-order valence-corrected chi connectivity index (χ3v) is 4.63. The van der Waals surface area contributed by atoms with E-state index in [1.165, 1.54) is 0 Å².